The molecule has 0 N–H and O–H groups in total. The Hall–Kier alpha value is -6.26. The van der Waals surface area contributed by atoms with E-state index in [9.17, 15) is 0 Å². The summed E-state index contributed by atoms with van der Waals surface area (Å²) in [5.74, 6) is 0. The highest BCUT2D eigenvalue weighted by Crippen LogP contribution is 2.56. The number of rotatable bonds is 2. The summed E-state index contributed by atoms with van der Waals surface area (Å²) in [5, 5.41) is 5.19. The number of allylic oxidation sites excluding steroid dienone is 1. The van der Waals surface area contributed by atoms with E-state index in [-0.39, 0.29) is 12.3 Å². The van der Waals surface area contributed by atoms with Gasteiger partial charge >= 0.3 is 6.85 Å². The van der Waals surface area contributed by atoms with Crippen LogP contribution < -0.4 is 10.4 Å². The first-order valence-electron chi connectivity index (χ1n) is 18.0. The molecule has 0 atom stereocenters. The van der Waals surface area contributed by atoms with Crippen LogP contribution in [0.25, 0.3) is 65.9 Å². The molecule has 0 saturated carbocycles. The number of benzene rings is 7. The molecule has 238 valence electrons. The van der Waals surface area contributed by atoms with Gasteiger partial charge in [0, 0.05) is 66.3 Å². The third kappa shape index (κ3) is 3.27. The second-order valence-corrected chi connectivity index (χ2v) is 14.9. The number of fused-ring (bicyclic) bond motifs is 12. The Balaban J connectivity index is 1.29. The van der Waals surface area contributed by atoms with Crippen molar-refractivity contribution in [3.8, 4) is 16.8 Å². The van der Waals surface area contributed by atoms with E-state index in [1.807, 2.05) is 0 Å². The lowest BCUT2D eigenvalue weighted by Crippen LogP contribution is -2.50. The Morgan fingerprint density at radius 3 is 2.00 bits per heavy atom. The lowest BCUT2D eigenvalue weighted by atomic mass is 9.43. The van der Waals surface area contributed by atoms with Crippen LogP contribution in [-0.4, -0.2) is 15.9 Å². The molecule has 0 amide bonds. The molecule has 4 heterocycles. The summed E-state index contributed by atoms with van der Waals surface area (Å²) in [6, 6.07) is 58.7. The highest BCUT2D eigenvalue weighted by Gasteiger charge is 2.52. The molecule has 51 heavy (non-hydrogen) atoms. The van der Waals surface area contributed by atoms with E-state index in [0.29, 0.717) is 0 Å². The van der Waals surface area contributed by atoms with Gasteiger partial charge in [-0.2, -0.15) is 0 Å². The highest BCUT2D eigenvalue weighted by atomic mass is 15.2. The maximum absolute atomic E-state index is 2.72. The summed E-state index contributed by atoms with van der Waals surface area (Å²) >= 11 is 0. The van der Waals surface area contributed by atoms with Crippen LogP contribution in [0.4, 0.5) is 11.4 Å². The molecule has 12 rings (SSSR count). The molecule has 0 radical (unpaired) electrons. The molecule has 3 aliphatic rings. The topological polar surface area (TPSA) is 13.1 Å². The second-order valence-electron chi connectivity index (χ2n) is 14.9. The Kier molecular flexibility index (Phi) is 5.13. The molecule has 1 aliphatic carbocycles. The molecule has 0 unspecified atom stereocenters. The van der Waals surface area contributed by atoms with E-state index >= 15 is 0 Å². The van der Waals surface area contributed by atoms with Crippen molar-refractivity contribution in [2.24, 2.45) is 0 Å². The van der Waals surface area contributed by atoms with Crippen molar-refractivity contribution in [2.75, 3.05) is 4.90 Å². The SMILES string of the molecule is CC1(C)C2=C(B3c4c(cccc4N2c2ccccc2)-c2cccc4c5c(ccc6c7ccccc7n(-c7ccccc7)c65)n3c24)c2ccccc21. The van der Waals surface area contributed by atoms with Crippen molar-refractivity contribution in [3.05, 3.63) is 175 Å². The quantitative estimate of drug-likeness (QED) is 0.170. The molecule has 4 heteroatoms. The van der Waals surface area contributed by atoms with Crippen molar-refractivity contribution in [2.45, 2.75) is 19.3 Å². The molecule has 2 aliphatic heterocycles. The summed E-state index contributed by atoms with van der Waals surface area (Å²) in [5.41, 5.74) is 18.1. The van der Waals surface area contributed by atoms with Crippen LogP contribution in [0.15, 0.2) is 163 Å². The van der Waals surface area contributed by atoms with Gasteiger partial charge in [-0.15, -0.1) is 0 Å². The van der Waals surface area contributed by atoms with Crippen LogP contribution in [0.3, 0.4) is 0 Å². The summed E-state index contributed by atoms with van der Waals surface area (Å²) in [7, 11) is 0. The Bertz CT molecular complexity index is 3000. The lowest BCUT2D eigenvalue weighted by Gasteiger charge is -2.43. The van der Waals surface area contributed by atoms with Gasteiger partial charge < -0.3 is 13.9 Å². The van der Waals surface area contributed by atoms with Gasteiger partial charge in [0.25, 0.3) is 0 Å². The van der Waals surface area contributed by atoms with Crippen LogP contribution in [0.5, 0.6) is 0 Å². The summed E-state index contributed by atoms with van der Waals surface area (Å²) in [4.78, 5) is 2.58. The van der Waals surface area contributed by atoms with Gasteiger partial charge in [-0.1, -0.05) is 129 Å². The molecule has 7 aromatic carbocycles. The Labute approximate surface area is 296 Å². The molecule has 0 saturated heterocycles. The molecule has 0 spiro atoms. The first-order valence-corrected chi connectivity index (χ1v) is 18.0. The summed E-state index contributed by atoms with van der Waals surface area (Å²) in [6.45, 7) is 4.85. The summed E-state index contributed by atoms with van der Waals surface area (Å²) < 4.78 is 5.21. The number of hydrogen-bond donors (Lipinski definition) is 0. The van der Waals surface area contributed by atoms with Crippen molar-refractivity contribution in [3.63, 3.8) is 0 Å². The van der Waals surface area contributed by atoms with Gasteiger partial charge in [0.15, 0.2) is 0 Å². The average molecular weight is 650 g/mol. The third-order valence-electron chi connectivity index (χ3n) is 12.0. The fourth-order valence-electron chi connectivity index (χ4n) is 10.1. The van der Waals surface area contributed by atoms with Gasteiger partial charge in [0.1, 0.15) is 0 Å². The first kappa shape index (κ1) is 27.6. The van der Waals surface area contributed by atoms with E-state index in [4.69, 9.17) is 0 Å². The van der Waals surface area contributed by atoms with Crippen molar-refractivity contribution in [1.82, 2.24) is 9.05 Å². The predicted molar refractivity (Wildman–Crippen MR) is 215 cm³/mol. The molecular weight excluding hydrogens is 617 g/mol. The number of hydrogen-bond acceptors (Lipinski definition) is 1. The second kappa shape index (κ2) is 9.50. The third-order valence-corrected chi connectivity index (χ3v) is 12.0. The van der Waals surface area contributed by atoms with Crippen molar-refractivity contribution in [1.29, 1.82) is 0 Å². The lowest BCUT2D eigenvalue weighted by molar-refractivity contribution is 0.625. The molecule has 2 aromatic heterocycles. The standard InChI is InChI=1S/C47H32BN3/c1-47(2)37-24-11-9-20-35(37)43-46(47)50(30-17-7-4-8-18-30)40-26-14-21-32-33-22-13-23-36-41-39(51(44(33)36)48(43)42(32)40)28-27-34-31-19-10-12-25-38(31)49(45(34)41)29-15-5-3-6-16-29/h3-28H,1-2H3. The van der Waals surface area contributed by atoms with Crippen LogP contribution in [0.1, 0.15) is 25.0 Å². The first-order chi connectivity index (χ1) is 25.1. The minimum absolute atomic E-state index is 0.0102. The minimum atomic E-state index is -0.207. The van der Waals surface area contributed by atoms with Gasteiger partial charge in [-0.25, -0.2) is 0 Å². The van der Waals surface area contributed by atoms with Crippen LogP contribution in [0, 0.1) is 0 Å². The monoisotopic (exact) mass is 649 g/mol. The largest absolute Gasteiger partial charge is 0.375 e. The zero-order chi connectivity index (χ0) is 33.6. The van der Waals surface area contributed by atoms with Crippen molar-refractivity contribution < 1.29 is 0 Å². The Morgan fingerprint density at radius 1 is 0.490 bits per heavy atom. The Morgan fingerprint density at radius 2 is 1.16 bits per heavy atom. The highest BCUT2D eigenvalue weighted by molar-refractivity contribution is 6.93. The molecule has 9 aromatic rings. The van der Waals surface area contributed by atoms with Gasteiger partial charge in [0.05, 0.1) is 11.0 Å². The van der Waals surface area contributed by atoms with Crippen molar-refractivity contribution >= 4 is 72.8 Å². The van der Waals surface area contributed by atoms with Crippen LogP contribution in [0.2, 0.25) is 0 Å². The van der Waals surface area contributed by atoms with Gasteiger partial charge in [-0.3, -0.25) is 0 Å². The average Bonchev–Trinajstić information content (AvgIpc) is 3.78. The maximum Gasteiger partial charge on any atom is 0.333 e. The number of para-hydroxylation sites is 4. The molecule has 3 nitrogen and oxygen atoms in total. The zero-order valence-corrected chi connectivity index (χ0v) is 28.4. The maximum atomic E-state index is 2.72. The van der Waals surface area contributed by atoms with Gasteiger partial charge in [0.2, 0.25) is 0 Å². The van der Waals surface area contributed by atoms with E-state index < -0.39 is 0 Å². The zero-order valence-electron chi connectivity index (χ0n) is 28.4. The van der Waals surface area contributed by atoms with E-state index in [0.717, 1.165) is 0 Å². The number of anilines is 2. The van der Waals surface area contributed by atoms with E-state index in [2.05, 4.69) is 186 Å². The van der Waals surface area contributed by atoms with Crippen LogP contribution >= 0.6 is 0 Å². The minimum Gasteiger partial charge on any atom is -0.375 e. The number of nitrogens with zero attached hydrogens (tertiary/aromatic N) is 3. The normalized spacial score (nSPS) is 15.3. The number of aromatic nitrogens is 2. The van der Waals surface area contributed by atoms with Crippen LogP contribution in [-0.2, 0) is 5.41 Å². The molecule has 0 fully saturated rings. The van der Waals surface area contributed by atoms with E-state index in [1.54, 1.807) is 0 Å². The predicted octanol–water partition coefficient (Wildman–Crippen LogP) is 11.0. The molecular formula is C47H32BN3. The fourth-order valence-corrected chi connectivity index (χ4v) is 10.1. The smallest absolute Gasteiger partial charge is 0.333 e. The molecule has 0 bridgehead atoms. The van der Waals surface area contributed by atoms with Gasteiger partial charge in [-0.05, 0) is 70.1 Å². The summed E-state index contributed by atoms with van der Waals surface area (Å²) in [6.07, 6.45) is 0. The fraction of sp³-hybridized carbons (Fsp3) is 0.0638. The van der Waals surface area contributed by atoms with E-state index in [1.165, 1.54) is 99.6 Å².